The third kappa shape index (κ3) is 6.63. The molecule has 0 aliphatic carbocycles. The zero-order valence-corrected chi connectivity index (χ0v) is 22.5. The first-order valence-corrected chi connectivity index (χ1v) is 12.9. The van der Waals surface area contributed by atoms with Crippen LogP contribution in [0.15, 0.2) is 35.5 Å². The van der Waals surface area contributed by atoms with Crippen LogP contribution in [-0.4, -0.2) is 33.0 Å². The normalized spacial score (nSPS) is 10.8. The van der Waals surface area contributed by atoms with Crippen molar-refractivity contribution >= 4 is 45.9 Å². The smallest absolute Gasteiger partial charge is 0.234 e. The first-order valence-electron chi connectivity index (χ1n) is 10.8. The van der Waals surface area contributed by atoms with Gasteiger partial charge in [0.25, 0.3) is 0 Å². The zero-order valence-electron chi connectivity index (χ0n) is 19.6. The third-order valence-corrected chi connectivity index (χ3v) is 6.55. The number of hydrogen-bond acceptors (Lipinski definition) is 6. The van der Waals surface area contributed by atoms with Gasteiger partial charge in [0.15, 0.2) is 22.5 Å². The largest absolute Gasteiger partial charge is 0.490 e. The Labute approximate surface area is 212 Å². The Hall–Kier alpha value is -2.27. The molecule has 0 bridgehead atoms. The van der Waals surface area contributed by atoms with Gasteiger partial charge in [0.05, 0.1) is 12.4 Å². The Morgan fingerprint density at radius 1 is 1.06 bits per heavy atom. The number of nitrogens with zero attached hydrogens (tertiary/aromatic N) is 3. The number of carbonyl (C=O) groups excluding carboxylic acids is 1. The van der Waals surface area contributed by atoms with Crippen LogP contribution in [0.1, 0.15) is 36.4 Å². The quantitative estimate of drug-likeness (QED) is 0.251. The molecule has 0 unspecified atom stereocenters. The summed E-state index contributed by atoms with van der Waals surface area (Å²) in [7, 11) is 0. The van der Waals surface area contributed by atoms with E-state index in [4.69, 9.17) is 9.47 Å². The molecule has 33 heavy (non-hydrogen) atoms. The minimum absolute atomic E-state index is 0.0723. The van der Waals surface area contributed by atoms with E-state index in [1.165, 1.54) is 11.8 Å². The number of aryl methyl sites for hydroxylation is 3. The van der Waals surface area contributed by atoms with E-state index < -0.39 is 0 Å². The van der Waals surface area contributed by atoms with Crippen LogP contribution < -0.4 is 14.8 Å². The Kier molecular flexibility index (Phi) is 9.02. The van der Waals surface area contributed by atoms with Gasteiger partial charge in [0.1, 0.15) is 6.61 Å². The maximum Gasteiger partial charge on any atom is 0.234 e. The lowest BCUT2D eigenvalue weighted by molar-refractivity contribution is -0.113. The summed E-state index contributed by atoms with van der Waals surface area (Å²) >= 11 is 3.65. The highest BCUT2D eigenvalue weighted by molar-refractivity contribution is 14.1. The van der Waals surface area contributed by atoms with Crippen LogP contribution >= 0.6 is 34.4 Å². The van der Waals surface area contributed by atoms with Crippen molar-refractivity contribution in [1.82, 2.24) is 14.8 Å². The van der Waals surface area contributed by atoms with Crippen LogP contribution in [0.5, 0.6) is 11.5 Å². The monoisotopic (exact) mass is 580 g/mol. The molecule has 3 aromatic rings. The minimum atomic E-state index is -0.0723. The Morgan fingerprint density at radius 3 is 2.45 bits per heavy atom. The highest BCUT2D eigenvalue weighted by Gasteiger charge is 2.16. The average Bonchev–Trinajstić information content (AvgIpc) is 3.16. The molecule has 0 aliphatic rings. The van der Waals surface area contributed by atoms with Crippen molar-refractivity contribution in [3.05, 3.63) is 56.4 Å². The van der Waals surface area contributed by atoms with Gasteiger partial charge in [0.2, 0.25) is 5.91 Å². The van der Waals surface area contributed by atoms with Crippen molar-refractivity contribution in [2.24, 2.45) is 0 Å². The first-order chi connectivity index (χ1) is 15.8. The summed E-state index contributed by atoms with van der Waals surface area (Å²) in [4.78, 5) is 12.6. The molecular weight excluding hydrogens is 551 g/mol. The molecule has 2 aromatic carbocycles. The number of amides is 1. The molecule has 0 radical (unpaired) electrons. The number of hydrogen-bond donors (Lipinski definition) is 1. The molecule has 0 atom stereocenters. The van der Waals surface area contributed by atoms with Crippen molar-refractivity contribution in [3.8, 4) is 11.5 Å². The fraction of sp³-hybridized carbons (Fsp3) is 0.375. The average molecular weight is 580 g/mol. The molecule has 0 spiro atoms. The van der Waals surface area contributed by atoms with E-state index in [0.717, 1.165) is 25.9 Å². The number of rotatable bonds is 10. The number of halogens is 1. The summed E-state index contributed by atoms with van der Waals surface area (Å²) in [5.41, 5.74) is 4.08. The van der Waals surface area contributed by atoms with E-state index in [2.05, 4.69) is 50.2 Å². The predicted molar refractivity (Wildman–Crippen MR) is 140 cm³/mol. The molecule has 7 nitrogen and oxygen atoms in total. The first kappa shape index (κ1) is 25.4. The fourth-order valence-corrected chi connectivity index (χ4v) is 5.16. The van der Waals surface area contributed by atoms with Crippen molar-refractivity contribution < 1.29 is 14.3 Å². The van der Waals surface area contributed by atoms with Crippen LogP contribution in [0, 0.1) is 24.3 Å². The van der Waals surface area contributed by atoms with Crippen molar-refractivity contribution in [3.63, 3.8) is 0 Å². The van der Waals surface area contributed by atoms with Crippen molar-refractivity contribution in [1.29, 1.82) is 0 Å². The molecule has 0 saturated heterocycles. The summed E-state index contributed by atoms with van der Waals surface area (Å²) in [5.74, 6) is 2.26. The lowest BCUT2D eigenvalue weighted by Crippen LogP contribution is -2.16. The van der Waals surface area contributed by atoms with Crippen molar-refractivity contribution in [2.75, 3.05) is 17.7 Å². The summed E-state index contributed by atoms with van der Waals surface area (Å²) in [6.45, 7) is 11.5. The second kappa shape index (κ2) is 11.7. The second-order valence-corrected chi connectivity index (χ2v) is 9.75. The van der Waals surface area contributed by atoms with Gasteiger partial charge >= 0.3 is 0 Å². The highest BCUT2D eigenvalue weighted by atomic mass is 127. The third-order valence-electron chi connectivity index (χ3n) is 4.96. The zero-order chi connectivity index (χ0) is 24.0. The number of anilines is 1. The van der Waals surface area contributed by atoms with Crippen LogP contribution in [0.25, 0.3) is 0 Å². The van der Waals surface area contributed by atoms with Crippen LogP contribution in [0.3, 0.4) is 0 Å². The number of benzene rings is 2. The minimum Gasteiger partial charge on any atom is -0.490 e. The van der Waals surface area contributed by atoms with Gasteiger partial charge in [-0.05, 0) is 98.2 Å². The van der Waals surface area contributed by atoms with Gasteiger partial charge in [-0.2, -0.15) is 0 Å². The number of aromatic nitrogens is 3. The molecule has 1 aromatic heterocycles. The topological polar surface area (TPSA) is 78.3 Å². The van der Waals surface area contributed by atoms with Crippen molar-refractivity contribution in [2.45, 2.75) is 52.9 Å². The second-order valence-electron chi connectivity index (χ2n) is 7.57. The lowest BCUT2D eigenvalue weighted by Gasteiger charge is -2.13. The maximum absolute atomic E-state index is 12.6. The lowest BCUT2D eigenvalue weighted by atomic mass is 10.1. The standard InChI is InChI=1S/C24H29IN4O3S/c1-6-29-21(13-32-19-9-8-15(3)10-20(19)31-7-2)27-28-24(29)33-14-22(30)26-23-16(4)11-18(25)12-17(23)5/h8-12H,6-7,13-14H2,1-5H3,(H,26,30). The van der Waals surface area contributed by atoms with Gasteiger partial charge in [-0.15, -0.1) is 10.2 Å². The van der Waals surface area contributed by atoms with E-state index in [-0.39, 0.29) is 18.3 Å². The number of ether oxygens (including phenoxy) is 2. The van der Waals surface area contributed by atoms with E-state index >= 15 is 0 Å². The Bertz CT molecular complexity index is 1110. The molecule has 9 heteroatoms. The van der Waals surface area contributed by atoms with Crippen LogP contribution in [0.4, 0.5) is 5.69 Å². The van der Waals surface area contributed by atoms with E-state index in [9.17, 15) is 4.79 Å². The Balaban J connectivity index is 1.63. The summed E-state index contributed by atoms with van der Waals surface area (Å²) in [5, 5.41) is 12.3. The molecule has 3 rings (SSSR count). The molecule has 1 N–H and O–H groups in total. The highest BCUT2D eigenvalue weighted by Crippen LogP contribution is 2.29. The maximum atomic E-state index is 12.6. The molecule has 176 valence electrons. The number of thioether (sulfide) groups is 1. The van der Waals surface area contributed by atoms with Crippen LogP contribution in [-0.2, 0) is 17.9 Å². The van der Waals surface area contributed by atoms with Gasteiger partial charge in [-0.1, -0.05) is 17.8 Å². The molecule has 1 amide bonds. The SMILES string of the molecule is CCOc1cc(C)ccc1OCc1nnc(SCC(=O)Nc2c(C)cc(I)cc2C)n1CC. The predicted octanol–water partition coefficient (Wildman–Crippen LogP) is 5.54. The summed E-state index contributed by atoms with van der Waals surface area (Å²) in [6.07, 6.45) is 0. The van der Waals surface area contributed by atoms with Gasteiger partial charge in [0, 0.05) is 15.8 Å². The number of nitrogens with one attached hydrogen (secondary N) is 1. The molecule has 0 fully saturated rings. The summed E-state index contributed by atoms with van der Waals surface area (Å²) < 4.78 is 14.8. The van der Waals surface area contributed by atoms with Gasteiger partial charge in [-0.25, -0.2) is 0 Å². The van der Waals surface area contributed by atoms with E-state index in [1.807, 2.05) is 57.4 Å². The molecule has 0 aliphatic heterocycles. The Morgan fingerprint density at radius 2 is 1.79 bits per heavy atom. The fourth-order valence-electron chi connectivity index (χ4n) is 3.41. The van der Waals surface area contributed by atoms with Crippen LogP contribution in [0.2, 0.25) is 0 Å². The molecule has 0 saturated carbocycles. The summed E-state index contributed by atoms with van der Waals surface area (Å²) in [6, 6.07) is 9.96. The number of carbonyl (C=O) groups is 1. The molecular formula is C24H29IN4O3S. The van der Waals surface area contributed by atoms with E-state index in [1.54, 1.807) is 0 Å². The van der Waals surface area contributed by atoms with Gasteiger partial charge < -0.3 is 19.4 Å². The van der Waals surface area contributed by atoms with E-state index in [0.29, 0.717) is 35.6 Å². The molecule has 1 heterocycles. The van der Waals surface area contributed by atoms with Gasteiger partial charge in [-0.3, -0.25) is 4.79 Å².